The number of nitrogens with zero attached hydrogens (tertiary/aromatic N) is 1. The lowest BCUT2D eigenvalue weighted by Crippen LogP contribution is -2.41. The van der Waals surface area contributed by atoms with Crippen LogP contribution < -0.4 is 0 Å². The summed E-state index contributed by atoms with van der Waals surface area (Å²) in [5.74, 6) is -0.267. The van der Waals surface area contributed by atoms with E-state index in [4.69, 9.17) is 4.74 Å². The molecule has 0 saturated carbocycles. The standard InChI is InChI=1S/C19H38NO2/c1-6-7-8-9-10-11-12-15-20(4,5)16-13-14-17-22-19(21)18(2)3/h2,6-17H2,1,3-5H3/q+1. The van der Waals surface area contributed by atoms with Gasteiger partial charge in [-0.25, -0.2) is 4.79 Å². The van der Waals surface area contributed by atoms with Crippen LogP contribution in [-0.4, -0.2) is 44.2 Å². The van der Waals surface area contributed by atoms with Crippen LogP contribution in [0.4, 0.5) is 0 Å². The Labute approximate surface area is 138 Å². The highest BCUT2D eigenvalue weighted by Crippen LogP contribution is 2.10. The maximum Gasteiger partial charge on any atom is 0.333 e. The minimum Gasteiger partial charge on any atom is -0.462 e. The fraction of sp³-hybridized carbons (Fsp3) is 0.842. The first-order valence-corrected chi connectivity index (χ1v) is 9.03. The lowest BCUT2D eigenvalue weighted by molar-refractivity contribution is -0.890. The van der Waals surface area contributed by atoms with Crippen molar-refractivity contribution in [3.8, 4) is 0 Å². The molecule has 130 valence electrons. The van der Waals surface area contributed by atoms with E-state index in [0.29, 0.717) is 12.2 Å². The molecule has 0 heterocycles. The predicted molar refractivity (Wildman–Crippen MR) is 94.8 cm³/mol. The quantitative estimate of drug-likeness (QED) is 0.201. The molecule has 0 aromatic rings. The molecule has 0 aliphatic rings. The molecule has 0 N–H and O–H groups in total. The van der Waals surface area contributed by atoms with E-state index in [2.05, 4.69) is 27.6 Å². The molecule has 3 nitrogen and oxygen atoms in total. The zero-order valence-electron chi connectivity index (χ0n) is 15.5. The Bertz CT molecular complexity index is 311. The van der Waals surface area contributed by atoms with E-state index in [1.54, 1.807) is 6.92 Å². The van der Waals surface area contributed by atoms with Crippen LogP contribution in [0.5, 0.6) is 0 Å². The number of esters is 1. The molecule has 0 atom stereocenters. The number of carbonyl (C=O) groups excluding carboxylic acids is 1. The van der Waals surface area contributed by atoms with E-state index in [1.807, 2.05) is 0 Å². The Morgan fingerprint density at radius 2 is 1.41 bits per heavy atom. The van der Waals surface area contributed by atoms with Gasteiger partial charge in [0.05, 0.1) is 33.8 Å². The first-order valence-electron chi connectivity index (χ1n) is 9.03. The number of carbonyl (C=O) groups is 1. The topological polar surface area (TPSA) is 26.3 Å². The molecular formula is C19H38NO2+. The Balaban J connectivity index is 3.52. The van der Waals surface area contributed by atoms with Gasteiger partial charge in [0.25, 0.3) is 0 Å². The van der Waals surface area contributed by atoms with Crippen molar-refractivity contribution < 1.29 is 14.0 Å². The van der Waals surface area contributed by atoms with E-state index in [9.17, 15) is 4.79 Å². The summed E-state index contributed by atoms with van der Waals surface area (Å²) >= 11 is 0. The van der Waals surface area contributed by atoms with E-state index in [1.165, 1.54) is 51.5 Å². The smallest absolute Gasteiger partial charge is 0.333 e. The van der Waals surface area contributed by atoms with Gasteiger partial charge in [-0.3, -0.25) is 0 Å². The van der Waals surface area contributed by atoms with Crippen molar-refractivity contribution in [3.63, 3.8) is 0 Å². The fourth-order valence-electron chi connectivity index (χ4n) is 2.54. The number of ether oxygens (including phenoxy) is 1. The van der Waals surface area contributed by atoms with Gasteiger partial charge < -0.3 is 9.22 Å². The number of unbranched alkanes of at least 4 members (excludes halogenated alkanes) is 7. The highest BCUT2D eigenvalue weighted by molar-refractivity contribution is 5.86. The maximum atomic E-state index is 11.2. The Morgan fingerprint density at radius 1 is 0.909 bits per heavy atom. The van der Waals surface area contributed by atoms with E-state index < -0.39 is 0 Å². The van der Waals surface area contributed by atoms with Gasteiger partial charge in [-0.15, -0.1) is 0 Å². The lowest BCUT2D eigenvalue weighted by Gasteiger charge is -2.30. The van der Waals surface area contributed by atoms with Crippen LogP contribution in [0.1, 0.15) is 71.6 Å². The van der Waals surface area contributed by atoms with Crippen LogP contribution in [0.2, 0.25) is 0 Å². The van der Waals surface area contributed by atoms with Crippen LogP contribution in [0.3, 0.4) is 0 Å². The molecule has 3 heteroatoms. The minimum atomic E-state index is -0.267. The van der Waals surface area contributed by atoms with Gasteiger partial charge >= 0.3 is 5.97 Å². The van der Waals surface area contributed by atoms with Crippen LogP contribution >= 0.6 is 0 Å². The molecule has 0 spiro atoms. The summed E-state index contributed by atoms with van der Waals surface area (Å²) in [6.45, 7) is 10.4. The molecule has 0 aromatic heterocycles. The highest BCUT2D eigenvalue weighted by Gasteiger charge is 2.13. The maximum absolute atomic E-state index is 11.2. The molecule has 0 amide bonds. The first-order chi connectivity index (χ1) is 10.4. The average Bonchev–Trinajstić information content (AvgIpc) is 2.45. The summed E-state index contributed by atoms with van der Waals surface area (Å²) in [5, 5.41) is 0. The third-order valence-electron chi connectivity index (χ3n) is 4.11. The van der Waals surface area contributed by atoms with Gasteiger partial charge in [-0.05, 0) is 32.6 Å². The van der Waals surface area contributed by atoms with Gasteiger partial charge in [-0.1, -0.05) is 45.6 Å². The molecule has 0 saturated heterocycles. The van der Waals surface area contributed by atoms with Gasteiger partial charge in [-0.2, -0.15) is 0 Å². The van der Waals surface area contributed by atoms with Gasteiger partial charge in [0.2, 0.25) is 0 Å². The summed E-state index contributed by atoms with van der Waals surface area (Å²) < 4.78 is 6.19. The average molecular weight is 313 g/mol. The van der Waals surface area contributed by atoms with Crippen LogP contribution in [-0.2, 0) is 9.53 Å². The summed E-state index contributed by atoms with van der Waals surface area (Å²) in [4.78, 5) is 11.2. The fourth-order valence-corrected chi connectivity index (χ4v) is 2.54. The molecule has 0 bridgehead atoms. The molecule has 0 fully saturated rings. The number of hydrogen-bond donors (Lipinski definition) is 0. The second kappa shape index (κ2) is 12.7. The highest BCUT2D eigenvalue weighted by atomic mass is 16.5. The number of quaternary nitrogens is 1. The molecule has 22 heavy (non-hydrogen) atoms. The molecular weight excluding hydrogens is 274 g/mol. The molecule has 0 aliphatic heterocycles. The van der Waals surface area contributed by atoms with Crippen LogP contribution in [0, 0.1) is 0 Å². The van der Waals surface area contributed by atoms with E-state index in [-0.39, 0.29) is 5.97 Å². The van der Waals surface area contributed by atoms with Crippen molar-refractivity contribution in [2.45, 2.75) is 71.6 Å². The Hall–Kier alpha value is -0.830. The summed E-state index contributed by atoms with van der Waals surface area (Å²) in [6.07, 6.45) is 11.6. The van der Waals surface area contributed by atoms with Gasteiger partial charge in [0, 0.05) is 5.57 Å². The number of hydrogen-bond acceptors (Lipinski definition) is 2. The largest absolute Gasteiger partial charge is 0.462 e. The molecule has 0 aromatic carbocycles. The molecule has 0 radical (unpaired) electrons. The Kier molecular flexibility index (Phi) is 12.2. The zero-order valence-corrected chi connectivity index (χ0v) is 15.5. The summed E-state index contributed by atoms with van der Waals surface area (Å²) in [6, 6.07) is 0. The van der Waals surface area contributed by atoms with Crippen molar-refractivity contribution in [2.75, 3.05) is 33.8 Å². The third kappa shape index (κ3) is 12.9. The van der Waals surface area contributed by atoms with E-state index in [0.717, 1.165) is 23.9 Å². The van der Waals surface area contributed by atoms with E-state index >= 15 is 0 Å². The SMILES string of the molecule is C=C(C)C(=O)OCCCC[N+](C)(C)CCCCCCCCC. The van der Waals surface area contributed by atoms with Crippen LogP contribution in [0.15, 0.2) is 12.2 Å². The third-order valence-corrected chi connectivity index (χ3v) is 4.11. The van der Waals surface area contributed by atoms with Crippen molar-refractivity contribution in [2.24, 2.45) is 0 Å². The lowest BCUT2D eigenvalue weighted by atomic mass is 10.1. The number of rotatable bonds is 14. The normalized spacial score (nSPS) is 11.5. The molecule has 0 aliphatic carbocycles. The Morgan fingerprint density at radius 3 is 1.95 bits per heavy atom. The molecule has 0 rings (SSSR count). The summed E-state index contributed by atoms with van der Waals surface area (Å²) in [5.41, 5.74) is 0.482. The van der Waals surface area contributed by atoms with Crippen LogP contribution in [0.25, 0.3) is 0 Å². The zero-order chi connectivity index (χ0) is 16.8. The van der Waals surface area contributed by atoms with Crippen molar-refractivity contribution in [1.29, 1.82) is 0 Å². The van der Waals surface area contributed by atoms with Gasteiger partial charge in [0.15, 0.2) is 0 Å². The van der Waals surface area contributed by atoms with Crippen molar-refractivity contribution in [1.82, 2.24) is 0 Å². The second-order valence-electron chi connectivity index (χ2n) is 7.13. The van der Waals surface area contributed by atoms with Gasteiger partial charge in [0.1, 0.15) is 0 Å². The minimum absolute atomic E-state index is 0.267. The monoisotopic (exact) mass is 312 g/mol. The van der Waals surface area contributed by atoms with Crippen molar-refractivity contribution >= 4 is 5.97 Å². The predicted octanol–water partition coefficient (Wildman–Crippen LogP) is 4.71. The first kappa shape index (κ1) is 21.2. The molecule has 0 unspecified atom stereocenters. The van der Waals surface area contributed by atoms with Crippen molar-refractivity contribution in [3.05, 3.63) is 12.2 Å². The summed E-state index contributed by atoms with van der Waals surface area (Å²) in [7, 11) is 4.61. The second-order valence-corrected chi connectivity index (χ2v) is 7.13.